The van der Waals surface area contributed by atoms with Crippen molar-refractivity contribution in [1.29, 1.82) is 0 Å². The van der Waals surface area contributed by atoms with Gasteiger partial charge in [-0.15, -0.1) is 12.4 Å². The van der Waals surface area contributed by atoms with Crippen molar-refractivity contribution in [3.05, 3.63) is 23.9 Å². The zero-order chi connectivity index (χ0) is 12.5. The second kappa shape index (κ2) is 5.75. The van der Waals surface area contributed by atoms with Crippen LogP contribution in [0.4, 0.5) is 19.0 Å². The van der Waals surface area contributed by atoms with E-state index < -0.39 is 11.9 Å². The van der Waals surface area contributed by atoms with Gasteiger partial charge in [0.1, 0.15) is 11.5 Å². The van der Waals surface area contributed by atoms with E-state index in [0.29, 0.717) is 18.9 Å². The maximum Gasteiger partial charge on any atom is 0.433 e. The third-order valence-corrected chi connectivity index (χ3v) is 2.89. The molecule has 0 unspecified atom stereocenters. The fourth-order valence-electron chi connectivity index (χ4n) is 1.89. The maximum absolute atomic E-state index is 12.5. The number of nitrogens with zero attached hydrogens (tertiary/aromatic N) is 2. The summed E-state index contributed by atoms with van der Waals surface area (Å²) in [7, 11) is 0. The zero-order valence-corrected chi connectivity index (χ0v) is 10.5. The largest absolute Gasteiger partial charge is 0.433 e. The second-order valence-electron chi connectivity index (χ2n) is 4.20. The molecule has 0 spiro atoms. The van der Waals surface area contributed by atoms with Crippen molar-refractivity contribution in [2.75, 3.05) is 18.0 Å². The molecule has 1 aromatic rings. The number of hydrogen-bond acceptors (Lipinski definition) is 3. The smallest absolute Gasteiger partial charge is 0.356 e. The highest BCUT2D eigenvalue weighted by Gasteiger charge is 2.33. The van der Waals surface area contributed by atoms with Crippen molar-refractivity contribution >= 4 is 18.2 Å². The van der Waals surface area contributed by atoms with Crippen LogP contribution in [0.5, 0.6) is 0 Å². The molecule has 2 rings (SSSR count). The molecule has 0 aliphatic carbocycles. The SMILES string of the molecule is Cl.NC1CCN(c2cccc(C(F)(F)F)n2)CC1. The van der Waals surface area contributed by atoms with Gasteiger partial charge >= 0.3 is 6.18 Å². The third-order valence-electron chi connectivity index (χ3n) is 2.89. The molecule has 18 heavy (non-hydrogen) atoms. The molecule has 102 valence electrons. The predicted octanol–water partition coefficient (Wildman–Crippen LogP) is 2.45. The first-order valence-electron chi connectivity index (χ1n) is 5.51. The van der Waals surface area contributed by atoms with E-state index in [0.717, 1.165) is 18.9 Å². The van der Waals surface area contributed by atoms with Gasteiger partial charge in [-0.3, -0.25) is 0 Å². The molecule has 2 N–H and O–H groups in total. The number of hydrogen-bond donors (Lipinski definition) is 1. The number of nitrogens with two attached hydrogens (primary N) is 1. The summed E-state index contributed by atoms with van der Waals surface area (Å²) >= 11 is 0. The molecule has 0 bridgehead atoms. The van der Waals surface area contributed by atoms with Gasteiger partial charge in [-0.1, -0.05) is 6.07 Å². The van der Waals surface area contributed by atoms with E-state index in [1.807, 2.05) is 4.90 Å². The van der Waals surface area contributed by atoms with Gasteiger partial charge in [-0.25, -0.2) is 4.98 Å². The molecule has 2 heterocycles. The van der Waals surface area contributed by atoms with E-state index in [1.54, 1.807) is 6.07 Å². The van der Waals surface area contributed by atoms with Gasteiger partial charge in [0.15, 0.2) is 0 Å². The molecule has 0 amide bonds. The molecule has 0 aromatic carbocycles. The number of rotatable bonds is 1. The summed E-state index contributed by atoms with van der Waals surface area (Å²) in [5.41, 5.74) is 4.90. The summed E-state index contributed by atoms with van der Waals surface area (Å²) in [4.78, 5) is 5.50. The highest BCUT2D eigenvalue weighted by Crippen LogP contribution is 2.29. The van der Waals surface area contributed by atoms with Crippen molar-refractivity contribution in [3.63, 3.8) is 0 Å². The molecule has 1 saturated heterocycles. The van der Waals surface area contributed by atoms with Crippen LogP contribution in [0.15, 0.2) is 18.2 Å². The van der Waals surface area contributed by atoms with Gasteiger partial charge in [0.2, 0.25) is 0 Å². The first-order valence-corrected chi connectivity index (χ1v) is 5.51. The Hall–Kier alpha value is -1.01. The van der Waals surface area contributed by atoms with Crippen LogP contribution in [-0.4, -0.2) is 24.1 Å². The number of piperidine rings is 1. The lowest BCUT2D eigenvalue weighted by Gasteiger charge is -2.31. The van der Waals surface area contributed by atoms with Gasteiger partial charge in [-0.2, -0.15) is 13.2 Å². The summed E-state index contributed by atoms with van der Waals surface area (Å²) in [5, 5.41) is 0. The lowest BCUT2D eigenvalue weighted by molar-refractivity contribution is -0.141. The highest BCUT2D eigenvalue weighted by atomic mass is 35.5. The second-order valence-corrected chi connectivity index (χ2v) is 4.20. The highest BCUT2D eigenvalue weighted by molar-refractivity contribution is 5.85. The van der Waals surface area contributed by atoms with E-state index in [4.69, 9.17) is 5.73 Å². The Morgan fingerprint density at radius 3 is 2.39 bits per heavy atom. The summed E-state index contributed by atoms with van der Waals surface area (Å²) in [6, 6.07) is 4.13. The summed E-state index contributed by atoms with van der Waals surface area (Å²) in [6.45, 7) is 1.32. The average molecular weight is 282 g/mol. The van der Waals surface area contributed by atoms with Crippen molar-refractivity contribution in [3.8, 4) is 0 Å². The summed E-state index contributed by atoms with van der Waals surface area (Å²) < 4.78 is 37.5. The standard InChI is InChI=1S/C11H14F3N3.ClH/c12-11(13,14)9-2-1-3-10(16-9)17-6-4-8(15)5-7-17;/h1-3,8H,4-7,15H2;1H. The molecular weight excluding hydrogens is 267 g/mol. The van der Waals surface area contributed by atoms with Crippen molar-refractivity contribution in [2.24, 2.45) is 5.73 Å². The van der Waals surface area contributed by atoms with Crippen LogP contribution in [0.1, 0.15) is 18.5 Å². The first kappa shape index (κ1) is 15.0. The van der Waals surface area contributed by atoms with Crippen LogP contribution in [0, 0.1) is 0 Å². The number of halogens is 4. The van der Waals surface area contributed by atoms with Crippen molar-refractivity contribution in [2.45, 2.75) is 25.1 Å². The van der Waals surface area contributed by atoms with Gasteiger partial charge < -0.3 is 10.6 Å². The van der Waals surface area contributed by atoms with Crippen LogP contribution in [-0.2, 0) is 6.18 Å². The van der Waals surface area contributed by atoms with Crippen molar-refractivity contribution in [1.82, 2.24) is 4.98 Å². The van der Waals surface area contributed by atoms with Crippen LogP contribution < -0.4 is 10.6 Å². The zero-order valence-electron chi connectivity index (χ0n) is 9.65. The van der Waals surface area contributed by atoms with Crippen molar-refractivity contribution < 1.29 is 13.2 Å². The van der Waals surface area contributed by atoms with Crippen LogP contribution in [0.25, 0.3) is 0 Å². The average Bonchev–Trinajstić information content (AvgIpc) is 2.29. The fourth-order valence-corrected chi connectivity index (χ4v) is 1.89. The fraction of sp³-hybridized carbons (Fsp3) is 0.545. The quantitative estimate of drug-likeness (QED) is 0.860. The molecular formula is C11H15ClF3N3. The number of anilines is 1. The predicted molar refractivity (Wildman–Crippen MR) is 65.9 cm³/mol. The Morgan fingerprint density at radius 1 is 1.22 bits per heavy atom. The third kappa shape index (κ3) is 3.49. The number of alkyl halides is 3. The Balaban J connectivity index is 0.00000162. The van der Waals surface area contributed by atoms with Gasteiger partial charge in [0.25, 0.3) is 0 Å². The summed E-state index contributed by atoms with van der Waals surface area (Å²) in [6.07, 6.45) is -2.81. The molecule has 1 fully saturated rings. The van der Waals surface area contributed by atoms with E-state index >= 15 is 0 Å². The Bertz CT molecular complexity index is 389. The van der Waals surface area contributed by atoms with Gasteiger partial charge in [-0.05, 0) is 25.0 Å². The van der Waals surface area contributed by atoms with Crippen LogP contribution >= 0.6 is 12.4 Å². The molecule has 1 aromatic heterocycles. The van der Waals surface area contributed by atoms with Gasteiger partial charge in [0, 0.05) is 19.1 Å². The number of aromatic nitrogens is 1. The Kier molecular flexibility index (Phi) is 4.81. The monoisotopic (exact) mass is 281 g/mol. The summed E-state index contributed by atoms with van der Waals surface area (Å²) in [5.74, 6) is 0.381. The maximum atomic E-state index is 12.5. The topological polar surface area (TPSA) is 42.1 Å². The molecule has 0 radical (unpaired) electrons. The lowest BCUT2D eigenvalue weighted by atomic mass is 10.1. The van der Waals surface area contributed by atoms with Crippen LogP contribution in [0.3, 0.4) is 0 Å². The minimum atomic E-state index is -4.39. The minimum Gasteiger partial charge on any atom is -0.356 e. The first-order chi connectivity index (χ1) is 7.97. The van der Waals surface area contributed by atoms with E-state index in [-0.39, 0.29) is 18.4 Å². The van der Waals surface area contributed by atoms with Crippen LogP contribution in [0.2, 0.25) is 0 Å². The molecule has 1 aliphatic rings. The number of pyridine rings is 1. The van der Waals surface area contributed by atoms with E-state index in [9.17, 15) is 13.2 Å². The molecule has 7 heteroatoms. The minimum absolute atomic E-state index is 0. The molecule has 3 nitrogen and oxygen atoms in total. The molecule has 0 saturated carbocycles. The normalized spacial score (nSPS) is 17.4. The molecule has 0 atom stereocenters. The Labute approximate surface area is 110 Å². The van der Waals surface area contributed by atoms with E-state index in [1.165, 1.54) is 6.07 Å². The Morgan fingerprint density at radius 2 is 1.83 bits per heavy atom. The van der Waals surface area contributed by atoms with Gasteiger partial charge in [0.05, 0.1) is 0 Å². The molecule has 1 aliphatic heterocycles. The van der Waals surface area contributed by atoms with E-state index in [2.05, 4.69) is 4.98 Å². The lowest BCUT2D eigenvalue weighted by Crippen LogP contribution is -2.40.